The van der Waals surface area contributed by atoms with Crippen molar-refractivity contribution in [3.8, 4) is 6.07 Å². The number of ether oxygens (including phenoxy) is 1. The minimum Gasteiger partial charge on any atom is -0.383 e. The van der Waals surface area contributed by atoms with Gasteiger partial charge in [0, 0.05) is 13.2 Å². The highest BCUT2D eigenvalue weighted by atomic mass is 16.5. The molecule has 1 unspecified atom stereocenters. The molecule has 0 aliphatic heterocycles. The Labute approximate surface area is 83.5 Å². The Morgan fingerprint density at radius 1 is 1.64 bits per heavy atom. The molecular weight excluding hydrogens is 178 g/mol. The van der Waals surface area contributed by atoms with Crippen molar-refractivity contribution in [2.45, 2.75) is 13.0 Å². The molecule has 14 heavy (non-hydrogen) atoms. The van der Waals surface area contributed by atoms with Crippen LogP contribution in [0.2, 0.25) is 0 Å². The van der Waals surface area contributed by atoms with Gasteiger partial charge in [-0.1, -0.05) is 0 Å². The number of aromatic nitrogens is 1. The number of nitrogens with one attached hydrogen (secondary N) is 1. The molecule has 1 atom stereocenters. The molecule has 0 aromatic carbocycles. The maximum absolute atomic E-state index is 8.54. The third kappa shape index (κ3) is 3.04. The van der Waals surface area contributed by atoms with Gasteiger partial charge >= 0.3 is 0 Å². The zero-order chi connectivity index (χ0) is 10.4. The Hall–Kier alpha value is -1.60. The predicted molar refractivity (Wildman–Crippen MR) is 53.9 cm³/mol. The number of nitriles is 1. The van der Waals surface area contributed by atoms with Crippen LogP contribution in [0, 0.1) is 11.3 Å². The van der Waals surface area contributed by atoms with Crippen LogP contribution in [0.3, 0.4) is 0 Å². The Balaban J connectivity index is 2.56. The van der Waals surface area contributed by atoms with Gasteiger partial charge in [0.25, 0.3) is 0 Å². The van der Waals surface area contributed by atoms with E-state index in [-0.39, 0.29) is 6.04 Å². The van der Waals surface area contributed by atoms with Gasteiger partial charge in [0.2, 0.25) is 0 Å². The molecule has 0 amide bonds. The summed E-state index contributed by atoms with van der Waals surface area (Å²) in [5.41, 5.74) is 1.32. The summed E-state index contributed by atoms with van der Waals surface area (Å²) < 4.78 is 4.99. The van der Waals surface area contributed by atoms with Gasteiger partial charge in [0.05, 0.1) is 18.5 Å². The van der Waals surface area contributed by atoms with Crippen molar-refractivity contribution in [1.29, 1.82) is 5.26 Å². The van der Waals surface area contributed by atoms with Crippen molar-refractivity contribution in [2.75, 3.05) is 19.0 Å². The summed E-state index contributed by atoms with van der Waals surface area (Å²) in [6, 6.07) is 5.71. The summed E-state index contributed by atoms with van der Waals surface area (Å²) in [5.74, 6) is 0. The summed E-state index contributed by atoms with van der Waals surface area (Å²) in [4.78, 5) is 3.95. The van der Waals surface area contributed by atoms with Gasteiger partial charge in [-0.3, -0.25) is 0 Å². The minimum absolute atomic E-state index is 0.231. The average molecular weight is 191 g/mol. The molecule has 1 aromatic rings. The Kier molecular flexibility index (Phi) is 3.89. The predicted octanol–water partition coefficient (Wildman–Crippen LogP) is 1.40. The normalized spacial score (nSPS) is 11.8. The number of rotatable bonds is 4. The average Bonchev–Trinajstić information content (AvgIpc) is 2.19. The van der Waals surface area contributed by atoms with Crippen LogP contribution >= 0.6 is 0 Å². The van der Waals surface area contributed by atoms with Crippen LogP contribution in [-0.2, 0) is 4.74 Å². The molecule has 4 heteroatoms. The highest BCUT2D eigenvalue weighted by molar-refractivity contribution is 5.43. The molecule has 4 nitrogen and oxygen atoms in total. The summed E-state index contributed by atoms with van der Waals surface area (Å²) in [7, 11) is 1.66. The van der Waals surface area contributed by atoms with Crippen molar-refractivity contribution in [3.63, 3.8) is 0 Å². The van der Waals surface area contributed by atoms with Crippen molar-refractivity contribution in [1.82, 2.24) is 4.98 Å². The quantitative estimate of drug-likeness (QED) is 0.781. The van der Waals surface area contributed by atoms with Gasteiger partial charge in [-0.15, -0.1) is 0 Å². The number of anilines is 1. The number of pyridine rings is 1. The molecule has 0 spiro atoms. The number of methoxy groups -OCH3 is 1. The van der Waals surface area contributed by atoms with E-state index in [4.69, 9.17) is 10.00 Å². The molecule has 1 N–H and O–H groups in total. The summed E-state index contributed by atoms with van der Waals surface area (Å²) >= 11 is 0. The third-order valence-electron chi connectivity index (χ3n) is 1.71. The summed E-state index contributed by atoms with van der Waals surface area (Å²) in [5, 5.41) is 11.7. The van der Waals surface area contributed by atoms with Gasteiger partial charge in [0.1, 0.15) is 11.8 Å². The first kappa shape index (κ1) is 10.5. The smallest absolute Gasteiger partial charge is 0.140 e. The third-order valence-corrected chi connectivity index (χ3v) is 1.71. The monoisotopic (exact) mass is 191 g/mol. The standard InChI is InChI=1S/C10H13N3O/c1-8(7-14-2)13-10-4-3-9(5-11)12-6-10/h3-4,6,8,13H,7H2,1-2H3. The number of hydrogen-bond acceptors (Lipinski definition) is 4. The highest BCUT2D eigenvalue weighted by Crippen LogP contribution is 2.07. The number of hydrogen-bond donors (Lipinski definition) is 1. The van der Waals surface area contributed by atoms with E-state index in [0.717, 1.165) is 5.69 Å². The summed E-state index contributed by atoms with van der Waals surface area (Å²) in [6.07, 6.45) is 1.64. The zero-order valence-corrected chi connectivity index (χ0v) is 8.32. The van der Waals surface area contributed by atoms with Crippen molar-refractivity contribution in [2.24, 2.45) is 0 Å². The van der Waals surface area contributed by atoms with E-state index in [0.29, 0.717) is 12.3 Å². The molecule has 1 aromatic heterocycles. The lowest BCUT2D eigenvalue weighted by atomic mass is 10.3. The Morgan fingerprint density at radius 2 is 2.43 bits per heavy atom. The van der Waals surface area contributed by atoms with Crippen molar-refractivity contribution >= 4 is 5.69 Å². The van der Waals surface area contributed by atoms with Gasteiger partial charge in [-0.25, -0.2) is 4.98 Å². The first-order chi connectivity index (χ1) is 6.76. The van der Waals surface area contributed by atoms with Gasteiger partial charge in [0.15, 0.2) is 0 Å². The van der Waals surface area contributed by atoms with Gasteiger partial charge in [-0.2, -0.15) is 5.26 Å². The van der Waals surface area contributed by atoms with E-state index in [1.54, 1.807) is 19.4 Å². The van der Waals surface area contributed by atoms with Crippen molar-refractivity contribution in [3.05, 3.63) is 24.0 Å². The maximum atomic E-state index is 8.54. The fourth-order valence-corrected chi connectivity index (χ4v) is 1.12. The molecule has 74 valence electrons. The molecule has 0 aliphatic carbocycles. The highest BCUT2D eigenvalue weighted by Gasteiger charge is 2.00. The van der Waals surface area contributed by atoms with E-state index < -0.39 is 0 Å². The molecule has 1 heterocycles. The second-order valence-corrected chi connectivity index (χ2v) is 3.04. The van der Waals surface area contributed by atoms with E-state index >= 15 is 0 Å². The lowest BCUT2D eigenvalue weighted by Crippen LogP contribution is -2.20. The molecule has 0 saturated carbocycles. The van der Waals surface area contributed by atoms with E-state index in [1.807, 2.05) is 19.1 Å². The molecule has 0 bridgehead atoms. The van der Waals surface area contributed by atoms with E-state index in [2.05, 4.69) is 10.3 Å². The lowest BCUT2D eigenvalue weighted by Gasteiger charge is -2.13. The fourth-order valence-electron chi connectivity index (χ4n) is 1.12. The molecule has 0 saturated heterocycles. The maximum Gasteiger partial charge on any atom is 0.140 e. The van der Waals surface area contributed by atoms with Gasteiger partial charge in [-0.05, 0) is 19.1 Å². The van der Waals surface area contributed by atoms with Crippen molar-refractivity contribution < 1.29 is 4.74 Å². The second-order valence-electron chi connectivity index (χ2n) is 3.04. The van der Waals surface area contributed by atoms with Crippen LogP contribution in [0.4, 0.5) is 5.69 Å². The van der Waals surface area contributed by atoms with Crippen LogP contribution < -0.4 is 5.32 Å². The molecule has 0 aliphatic rings. The molecule has 1 rings (SSSR count). The largest absolute Gasteiger partial charge is 0.383 e. The minimum atomic E-state index is 0.231. The molecular formula is C10H13N3O. The Bertz CT molecular complexity index is 315. The first-order valence-electron chi connectivity index (χ1n) is 4.38. The van der Waals surface area contributed by atoms with Crippen LogP contribution in [0.25, 0.3) is 0 Å². The first-order valence-corrected chi connectivity index (χ1v) is 4.38. The SMILES string of the molecule is COCC(C)Nc1ccc(C#N)nc1. The number of nitrogens with zero attached hydrogens (tertiary/aromatic N) is 2. The van der Waals surface area contributed by atoms with Crippen LogP contribution in [0.5, 0.6) is 0 Å². The van der Waals surface area contributed by atoms with Crippen LogP contribution in [0.15, 0.2) is 18.3 Å². The van der Waals surface area contributed by atoms with Gasteiger partial charge < -0.3 is 10.1 Å². The van der Waals surface area contributed by atoms with Crippen LogP contribution in [0.1, 0.15) is 12.6 Å². The molecule has 0 fully saturated rings. The zero-order valence-electron chi connectivity index (χ0n) is 8.32. The molecule has 0 radical (unpaired) electrons. The lowest BCUT2D eigenvalue weighted by molar-refractivity contribution is 0.190. The Morgan fingerprint density at radius 3 is 2.93 bits per heavy atom. The topological polar surface area (TPSA) is 57.9 Å². The van der Waals surface area contributed by atoms with E-state index in [1.165, 1.54) is 0 Å². The van der Waals surface area contributed by atoms with Crippen LogP contribution in [-0.4, -0.2) is 24.7 Å². The van der Waals surface area contributed by atoms with E-state index in [9.17, 15) is 0 Å². The summed E-state index contributed by atoms with van der Waals surface area (Å²) in [6.45, 7) is 2.65. The fraction of sp³-hybridized carbons (Fsp3) is 0.400. The second kappa shape index (κ2) is 5.20.